The van der Waals surface area contributed by atoms with Crippen LogP contribution in [0.1, 0.15) is 22.3 Å². The molecule has 4 aromatic rings. The summed E-state index contributed by atoms with van der Waals surface area (Å²) < 4.78 is 0. The monoisotopic (exact) mass is 620 g/mol. The quantitative estimate of drug-likeness (QED) is 0.213. The standard InChI is InChI=1S/C38H24Cl4/c39-35-31(27-17-9-3-10-18-27)23-21-29(25-13-5-1-6-14-25)33(37(35)41)34-30(26-15-7-2-8-16-26)22-24-32(36(40)38(34)42)28-19-11-4-12-20-28/h1-24H. The smallest absolute Gasteiger partial charge is 0.0684 e. The van der Waals surface area contributed by atoms with Crippen molar-refractivity contribution >= 4 is 68.7 Å². The van der Waals surface area contributed by atoms with E-state index in [4.69, 9.17) is 46.4 Å². The van der Waals surface area contributed by atoms with Crippen LogP contribution in [0.25, 0.3) is 22.3 Å². The molecule has 0 unspecified atom stereocenters. The van der Waals surface area contributed by atoms with Gasteiger partial charge < -0.3 is 0 Å². The van der Waals surface area contributed by atoms with Crippen molar-refractivity contribution in [1.29, 1.82) is 0 Å². The maximum atomic E-state index is 7.37. The van der Waals surface area contributed by atoms with Gasteiger partial charge in [0.05, 0.1) is 20.1 Å². The van der Waals surface area contributed by atoms with Gasteiger partial charge in [0.2, 0.25) is 0 Å². The highest BCUT2D eigenvalue weighted by Gasteiger charge is 2.29. The van der Waals surface area contributed by atoms with Gasteiger partial charge in [0.25, 0.3) is 0 Å². The van der Waals surface area contributed by atoms with E-state index in [1.165, 1.54) is 0 Å². The fraction of sp³-hybridized carbons (Fsp3) is 0. The molecular weight excluding hydrogens is 598 g/mol. The molecule has 0 amide bonds. The molecule has 0 N–H and O–H groups in total. The summed E-state index contributed by atoms with van der Waals surface area (Å²) >= 11 is 29.1. The van der Waals surface area contributed by atoms with Gasteiger partial charge in [0, 0.05) is 22.3 Å². The number of benzene rings is 4. The van der Waals surface area contributed by atoms with E-state index in [2.05, 4.69) is 36.4 Å². The number of allylic oxidation sites excluding steroid dienone is 14. The normalized spacial score (nSPS) is 17.6. The van der Waals surface area contributed by atoms with Crippen molar-refractivity contribution in [2.24, 2.45) is 0 Å². The predicted molar refractivity (Wildman–Crippen MR) is 182 cm³/mol. The number of rotatable bonds is 4. The molecule has 2 aliphatic carbocycles. The van der Waals surface area contributed by atoms with Crippen molar-refractivity contribution in [2.75, 3.05) is 0 Å². The van der Waals surface area contributed by atoms with E-state index in [-0.39, 0.29) is 0 Å². The summed E-state index contributed by atoms with van der Waals surface area (Å²) in [4.78, 5) is 0. The zero-order valence-corrected chi connectivity index (χ0v) is 25.4. The van der Waals surface area contributed by atoms with Gasteiger partial charge in [0.1, 0.15) is 0 Å². The molecule has 0 saturated heterocycles. The fourth-order valence-electron chi connectivity index (χ4n) is 5.23. The molecule has 42 heavy (non-hydrogen) atoms. The molecule has 0 radical (unpaired) electrons. The molecule has 4 heteroatoms. The molecule has 0 bridgehead atoms. The van der Waals surface area contributed by atoms with Crippen LogP contribution in [0.4, 0.5) is 0 Å². The topological polar surface area (TPSA) is 0 Å². The van der Waals surface area contributed by atoms with E-state index in [0.717, 1.165) is 44.5 Å². The lowest BCUT2D eigenvalue weighted by Gasteiger charge is -2.21. The number of hydrogen-bond acceptors (Lipinski definition) is 0. The van der Waals surface area contributed by atoms with Gasteiger partial charge in [-0.05, 0) is 33.4 Å². The molecule has 6 rings (SSSR count). The van der Waals surface area contributed by atoms with Gasteiger partial charge in [-0.2, -0.15) is 0 Å². The average Bonchev–Trinajstić information content (AvgIpc) is 3.26. The lowest BCUT2D eigenvalue weighted by molar-refractivity contribution is 1.47. The molecule has 2 aliphatic rings. The Morgan fingerprint density at radius 2 is 0.500 bits per heavy atom. The molecular formula is C38H24Cl4. The second-order valence-corrected chi connectivity index (χ2v) is 11.3. The van der Waals surface area contributed by atoms with Gasteiger partial charge in [0.15, 0.2) is 0 Å². The Bertz CT molecular complexity index is 1710. The molecule has 0 fully saturated rings. The van der Waals surface area contributed by atoms with Crippen LogP contribution >= 0.6 is 46.4 Å². The van der Waals surface area contributed by atoms with Crippen molar-refractivity contribution in [2.45, 2.75) is 0 Å². The molecule has 0 heterocycles. The third-order valence-electron chi connectivity index (χ3n) is 7.26. The largest absolute Gasteiger partial charge is 0.0820 e. The summed E-state index contributed by atoms with van der Waals surface area (Å²) in [5.41, 5.74) is 8.68. The van der Waals surface area contributed by atoms with E-state index in [1.807, 2.05) is 109 Å². The Labute approximate surface area is 266 Å². The summed E-state index contributed by atoms with van der Waals surface area (Å²) in [6, 6.07) is 40.2. The summed E-state index contributed by atoms with van der Waals surface area (Å²) in [7, 11) is 0. The van der Waals surface area contributed by atoms with Crippen LogP contribution in [0, 0.1) is 0 Å². The fourth-order valence-corrected chi connectivity index (χ4v) is 6.35. The van der Waals surface area contributed by atoms with Crippen LogP contribution in [0.5, 0.6) is 0 Å². The molecule has 0 atom stereocenters. The number of hydrogen-bond donors (Lipinski definition) is 0. The van der Waals surface area contributed by atoms with Crippen molar-refractivity contribution in [3.8, 4) is 0 Å². The molecule has 0 aromatic heterocycles. The van der Waals surface area contributed by atoms with E-state index < -0.39 is 0 Å². The van der Waals surface area contributed by atoms with Crippen LogP contribution in [0.3, 0.4) is 0 Å². The van der Waals surface area contributed by atoms with Crippen LogP contribution in [0.2, 0.25) is 0 Å². The molecule has 0 spiro atoms. The summed E-state index contributed by atoms with van der Waals surface area (Å²) in [5, 5.41) is 1.64. The van der Waals surface area contributed by atoms with Gasteiger partial charge in [-0.1, -0.05) is 192 Å². The van der Waals surface area contributed by atoms with Crippen LogP contribution in [-0.2, 0) is 0 Å². The second kappa shape index (κ2) is 12.6. The SMILES string of the molecule is ClC1=C(Cl)C(=C2C(c3ccccc3)=CC=C(c3ccccc3)C(Cl)=C2Cl)C(c2ccccc2)=CC=C1c1ccccc1. The zero-order chi connectivity index (χ0) is 29.1. The minimum atomic E-state index is 0.391. The lowest BCUT2D eigenvalue weighted by atomic mass is 9.87. The van der Waals surface area contributed by atoms with Crippen LogP contribution < -0.4 is 0 Å². The minimum Gasteiger partial charge on any atom is -0.0820 e. The van der Waals surface area contributed by atoms with Crippen molar-refractivity contribution in [1.82, 2.24) is 0 Å². The van der Waals surface area contributed by atoms with Crippen LogP contribution in [-0.4, -0.2) is 0 Å². The van der Waals surface area contributed by atoms with E-state index >= 15 is 0 Å². The predicted octanol–water partition coefficient (Wildman–Crippen LogP) is 12.0. The Morgan fingerprint density at radius 3 is 0.786 bits per heavy atom. The minimum absolute atomic E-state index is 0.391. The summed E-state index contributed by atoms with van der Waals surface area (Å²) in [6.07, 6.45) is 8.17. The van der Waals surface area contributed by atoms with E-state index in [1.54, 1.807) is 0 Å². The van der Waals surface area contributed by atoms with Crippen molar-refractivity contribution < 1.29 is 0 Å². The van der Waals surface area contributed by atoms with Gasteiger partial charge in [-0.3, -0.25) is 0 Å². The zero-order valence-electron chi connectivity index (χ0n) is 22.4. The summed E-state index contributed by atoms with van der Waals surface area (Å²) in [6.45, 7) is 0. The first-order valence-corrected chi connectivity index (χ1v) is 15.0. The van der Waals surface area contributed by atoms with Gasteiger partial charge in [-0.25, -0.2) is 0 Å². The van der Waals surface area contributed by atoms with Crippen molar-refractivity contribution in [3.05, 3.63) is 199 Å². The van der Waals surface area contributed by atoms with Crippen LogP contribution in [0.15, 0.2) is 177 Å². The molecule has 4 aromatic carbocycles. The Hall–Kier alpha value is -3.78. The third-order valence-corrected chi connectivity index (χ3v) is 8.99. The highest BCUT2D eigenvalue weighted by Crippen LogP contribution is 2.50. The Kier molecular flexibility index (Phi) is 8.51. The highest BCUT2D eigenvalue weighted by molar-refractivity contribution is 6.49. The average molecular weight is 622 g/mol. The molecule has 0 saturated carbocycles. The molecule has 204 valence electrons. The highest BCUT2D eigenvalue weighted by atomic mass is 35.5. The second-order valence-electron chi connectivity index (χ2n) is 9.79. The maximum absolute atomic E-state index is 7.37. The van der Waals surface area contributed by atoms with E-state index in [9.17, 15) is 0 Å². The molecule has 0 aliphatic heterocycles. The third kappa shape index (κ3) is 5.52. The first-order valence-electron chi connectivity index (χ1n) is 13.5. The lowest BCUT2D eigenvalue weighted by Crippen LogP contribution is -2.02. The molecule has 0 nitrogen and oxygen atoms in total. The first kappa shape index (κ1) is 28.3. The first-order chi connectivity index (χ1) is 20.5. The Morgan fingerprint density at radius 1 is 0.262 bits per heavy atom. The summed E-state index contributed by atoms with van der Waals surface area (Å²) in [5.74, 6) is 0. The number of halogens is 4. The van der Waals surface area contributed by atoms with Gasteiger partial charge in [-0.15, -0.1) is 0 Å². The van der Waals surface area contributed by atoms with Gasteiger partial charge >= 0.3 is 0 Å². The Balaban J connectivity index is 1.71. The van der Waals surface area contributed by atoms with Crippen molar-refractivity contribution in [3.63, 3.8) is 0 Å². The van der Waals surface area contributed by atoms with E-state index in [0.29, 0.717) is 31.3 Å². The maximum Gasteiger partial charge on any atom is 0.0684 e.